The number of anilines is 2. The number of halogens is 2. The summed E-state index contributed by atoms with van der Waals surface area (Å²) >= 11 is 0. The summed E-state index contributed by atoms with van der Waals surface area (Å²) in [7, 11) is 0. The van der Waals surface area contributed by atoms with E-state index in [4.69, 9.17) is 0 Å². The summed E-state index contributed by atoms with van der Waals surface area (Å²) < 4.78 is 28.0. The molecule has 3 rings (SSSR count). The van der Waals surface area contributed by atoms with Gasteiger partial charge < -0.3 is 10.6 Å². The zero-order chi connectivity index (χ0) is 24.3. The lowest BCUT2D eigenvalue weighted by atomic mass is 10.1. The maximum atomic E-state index is 13.9. The molecular formula is C24H24F2N4O3. The van der Waals surface area contributed by atoms with Gasteiger partial charge in [-0.3, -0.25) is 14.4 Å². The molecule has 0 saturated heterocycles. The quantitative estimate of drug-likeness (QED) is 0.581. The third-order valence-corrected chi connectivity index (χ3v) is 5.08. The van der Waals surface area contributed by atoms with Crippen molar-refractivity contribution in [2.24, 2.45) is 5.92 Å². The Kier molecular flexibility index (Phi) is 7.01. The van der Waals surface area contributed by atoms with Gasteiger partial charge in [0.25, 0.3) is 5.56 Å². The molecular weight excluding hydrogens is 430 g/mol. The molecule has 0 bridgehead atoms. The van der Waals surface area contributed by atoms with Gasteiger partial charge in [-0.15, -0.1) is 0 Å². The minimum atomic E-state index is -1.08. The van der Waals surface area contributed by atoms with Gasteiger partial charge in [0.1, 0.15) is 17.7 Å². The summed E-state index contributed by atoms with van der Waals surface area (Å²) in [5.41, 5.74) is 1.77. The Labute approximate surface area is 189 Å². The van der Waals surface area contributed by atoms with Crippen LogP contribution in [0.5, 0.6) is 0 Å². The minimum absolute atomic E-state index is 0.133. The van der Waals surface area contributed by atoms with Gasteiger partial charge in [0.05, 0.1) is 11.4 Å². The van der Waals surface area contributed by atoms with Crippen molar-refractivity contribution in [3.8, 4) is 11.3 Å². The van der Waals surface area contributed by atoms with E-state index in [2.05, 4.69) is 15.7 Å². The predicted octanol–water partition coefficient (Wildman–Crippen LogP) is 4.29. The van der Waals surface area contributed by atoms with Crippen LogP contribution in [0, 0.1) is 24.5 Å². The van der Waals surface area contributed by atoms with E-state index >= 15 is 0 Å². The summed E-state index contributed by atoms with van der Waals surface area (Å²) in [5, 5.41) is 9.51. The largest absolute Gasteiger partial charge is 0.326 e. The Morgan fingerprint density at radius 1 is 0.909 bits per heavy atom. The van der Waals surface area contributed by atoms with Gasteiger partial charge in [-0.1, -0.05) is 26.0 Å². The topological polar surface area (TPSA) is 93.1 Å². The molecule has 2 aromatic carbocycles. The lowest BCUT2D eigenvalue weighted by Gasteiger charge is -2.16. The number of carbonyl (C=O) groups is 2. The second-order valence-electron chi connectivity index (χ2n) is 7.96. The molecule has 7 nitrogen and oxygen atoms in total. The summed E-state index contributed by atoms with van der Waals surface area (Å²) in [6.45, 7) is 6.87. The molecule has 0 fully saturated rings. The van der Waals surface area contributed by atoms with E-state index in [0.717, 1.165) is 22.4 Å². The fraction of sp³-hybridized carbons (Fsp3) is 0.250. The smallest absolute Gasteiger partial charge is 0.267 e. The molecule has 172 valence electrons. The highest BCUT2D eigenvalue weighted by atomic mass is 19.1. The summed E-state index contributed by atoms with van der Waals surface area (Å²) in [4.78, 5) is 37.1. The van der Waals surface area contributed by atoms with Crippen LogP contribution in [0.1, 0.15) is 32.4 Å². The highest BCUT2D eigenvalue weighted by Gasteiger charge is 2.20. The van der Waals surface area contributed by atoms with Crippen LogP contribution >= 0.6 is 0 Å². The Morgan fingerprint density at radius 2 is 1.61 bits per heavy atom. The standard InChI is InChI=1S/C24H24F2N4O3/c1-13(2)23(32)28-21-11-16(6-5-14(21)3)19-9-10-22(31)30(29-19)15(4)24(33)27-20-8-7-17(25)12-18(20)26/h5-13,15H,1-4H3,(H,27,33)(H,28,32). The summed E-state index contributed by atoms with van der Waals surface area (Å²) in [5.74, 6) is -2.72. The number of hydrogen-bond acceptors (Lipinski definition) is 4. The number of aryl methyl sites for hydroxylation is 1. The number of amides is 2. The number of nitrogens with zero attached hydrogens (tertiary/aromatic N) is 2. The van der Waals surface area contributed by atoms with Gasteiger partial charge in [0.15, 0.2) is 0 Å². The van der Waals surface area contributed by atoms with Crippen molar-refractivity contribution < 1.29 is 18.4 Å². The van der Waals surface area contributed by atoms with Crippen LogP contribution < -0.4 is 16.2 Å². The van der Waals surface area contributed by atoms with Gasteiger partial charge in [-0.25, -0.2) is 13.5 Å². The van der Waals surface area contributed by atoms with E-state index in [1.54, 1.807) is 26.0 Å². The number of nitrogens with one attached hydrogen (secondary N) is 2. The van der Waals surface area contributed by atoms with Crippen LogP contribution in [0.3, 0.4) is 0 Å². The molecule has 0 aliphatic carbocycles. The fourth-order valence-corrected chi connectivity index (χ4v) is 2.99. The van der Waals surface area contributed by atoms with Gasteiger partial charge in [-0.05, 0) is 43.7 Å². The fourth-order valence-electron chi connectivity index (χ4n) is 2.99. The summed E-state index contributed by atoms with van der Waals surface area (Å²) in [6, 6.07) is 9.82. The summed E-state index contributed by atoms with van der Waals surface area (Å²) in [6.07, 6.45) is 0. The zero-order valence-corrected chi connectivity index (χ0v) is 18.6. The van der Waals surface area contributed by atoms with Crippen molar-refractivity contribution in [3.05, 3.63) is 76.1 Å². The average Bonchev–Trinajstić information content (AvgIpc) is 2.77. The van der Waals surface area contributed by atoms with Gasteiger partial charge in [0, 0.05) is 29.3 Å². The molecule has 2 amide bonds. The van der Waals surface area contributed by atoms with Gasteiger partial charge in [0.2, 0.25) is 11.8 Å². The maximum Gasteiger partial charge on any atom is 0.267 e. The van der Waals surface area contributed by atoms with Crippen molar-refractivity contribution in [2.45, 2.75) is 33.7 Å². The van der Waals surface area contributed by atoms with Crippen LogP contribution in [0.4, 0.5) is 20.2 Å². The Bertz CT molecular complexity index is 1270. The zero-order valence-electron chi connectivity index (χ0n) is 18.6. The molecule has 3 aromatic rings. The molecule has 0 radical (unpaired) electrons. The van der Waals surface area contributed by atoms with Crippen LogP contribution in [-0.4, -0.2) is 21.6 Å². The molecule has 1 unspecified atom stereocenters. The highest BCUT2D eigenvalue weighted by Crippen LogP contribution is 2.24. The second kappa shape index (κ2) is 9.72. The molecule has 1 atom stereocenters. The molecule has 2 N–H and O–H groups in total. The molecule has 0 aliphatic heterocycles. The van der Waals surface area contributed by atoms with E-state index in [0.29, 0.717) is 23.0 Å². The van der Waals surface area contributed by atoms with Crippen LogP contribution in [0.25, 0.3) is 11.3 Å². The molecule has 1 heterocycles. The molecule has 0 aliphatic rings. The number of carbonyl (C=O) groups excluding carboxylic acids is 2. The van der Waals surface area contributed by atoms with E-state index < -0.39 is 29.1 Å². The number of benzene rings is 2. The van der Waals surface area contributed by atoms with E-state index in [9.17, 15) is 23.2 Å². The lowest BCUT2D eigenvalue weighted by Crippen LogP contribution is -2.33. The highest BCUT2D eigenvalue weighted by molar-refractivity contribution is 5.94. The van der Waals surface area contributed by atoms with Gasteiger partial charge >= 0.3 is 0 Å². The number of hydrogen-bond donors (Lipinski definition) is 2. The average molecular weight is 454 g/mol. The van der Waals surface area contributed by atoms with Crippen molar-refractivity contribution in [3.63, 3.8) is 0 Å². The maximum absolute atomic E-state index is 13.9. The van der Waals surface area contributed by atoms with E-state index in [1.165, 1.54) is 19.1 Å². The Balaban J connectivity index is 1.89. The third kappa shape index (κ3) is 5.49. The molecule has 1 aromatic heterocycles. The van der Waals surface area contributed by atoms with Crippen LogP contribution in [-0.2, 0) is 9.59 Å². The van der Waals surface area contributed by atoms with Crippen LogP contribution in [0.15, 0.2) is 53.3 Å². The third-order valence-electron chi connectivity index (χ3n) is 5.08. The molecule has 0 spiro atoms. The first-order valence-electron chi connectivity index (χ1n) is 10.3. The number of rotatable bonds is 6. The van der Waals surface area contributed by atoms with Crippen LogP contribution in [0.2, 0.25) is 0 Å². The lowest BCUT2D eigenvalue weighted by molar-refractivity contribution is -0.119. The Morgan fingerprint density at radius 3 is 2.27 bits per heavy atom. The number of aromatic nitrogens is 2. The van der Waals surface area contributed by atoms with Gasteiger partial charge in [-0.2, -0.15) is 5.10 Å². The minimum Gasteiger partial charge on any atom is -0.326 e. The van der Waals surface area contributed by atoms with E-state index in [1.807, 2.05) is 13.0 Å². The molecule has 33 heavy (non-hydrogen) atoms. The normalized spacial score (nSPS) is 11.8. The van der Waals surface area contributed by atoms with Crippen molar-refractivity contribution in [1.82, 2.24) is 9.78 Å². The predicted molar refractivity (Wildman–Crippen MR) is 122 cm³/mol. The first kappa shape index (κ1) is 23.8. The first-order chi connectivity index (χ1) is 15.6. The first-order valence-corrected chi connectivity index (χ1v) is 10.3. The molecule has 0 saturated carbocycles. The van der Waals surface area contributed by atoms with Crippen molar-refractivity contribution in [2.75, 3.05) is 10.6 Å². The van der Waals surface area contributed by atoms with E-state index in [-0.39, 0.29) is 17.5 Å². The van der Waals surface area contributed by atoms with Crippen molar-refractivity contribution >= 4 is 23.2 Å². The van der Waals surface area contributed by atoms with Crippen molar-refractivity contribution in [1.29, 1.82) is 0 Å². The molecule has 9 heteroatoms. The second-order valence-corrected chi connectivity index (χ2v) is 7.96. The monoisotopic (exact) mass is 454 g/mol. The SMILES string of the molecule is Cc1ccc(-c2ccc(=O)n(C(C)C(=O)Nc3ccc(F)cc3F)n2)cc1NC(=O)C(C)C. The Hall–Kier alpha value is -3.88.